The number of fused-ring (bicyclic) bond motifs is 1. The number of ether oxygens (including phenoxy) is 2. The Kier molecular flexibility index (Phi) is 5.18. The number of hydrogen-bond donors (Lipinski definition) is 1. The Balaban J connectivity index is 1.44. The molecule has 7 heteroatoms. The SMILES string of the molecule is O=C(CN1CCC[C@H]1c1ccc2c(c1)OCCO2)Nc1ccc(Cl)cc1F. The molecular weight excluding hydrogens is 371 g/mol. The fourth-order valence-electron chi connectivity index (χ4n) is 3.63. The van der Waals surface area contributed by atoms with Crippen LogP contribution in [0.3, 0.4) is 0 Å². The topological polar surface area (TPSA) is 50.8 Å². The maximum atomic E-state index is 13.9. The minimum absolute atomic E-state index is 0.127. The first-order valence-electron chi connectivity index (χ1n) is 8.98. The van der Waals surface area contributed by atoms with Gasteiger partial charge in [-0.05, 0) is 55.3 Å². The van der Waals surface area contributed by atoms with E-state index >= 15 is 0 Å². The van der Waals surface area contributed by atoms with Gasteiger partial charge in [-0.1, -0.05) is 17.7 Å². The van der Waals surface area contributed by atoms with Crippen LogP contribution in [-0.4, -0.2) is 37.1 Å². The van der Waals surface area contributed by atoms with Crippen LogP contribution in [0.1, 0.15) is 24.4 Å². The van der Waals surface area contributed by atoms with Crippen LogP contribution in [0.4, 0.5) is 10.1 Å². The summed E-state index contributed by atoms with van der Waals surface area (Å²) in [7, 11) is 0. The number of anilines is 1. The molecule has 2 aliphatic heterocycles. The van der Waals surface area contributed by atoms with Gasteiger partial charge in [0.05, 0.1) is 12.2 Å². The van der Waals surface area contributed by atoms with Gasteiger partial charge in [-0.25, -0.2) is 4.39 Å². The van der Waals surface area contributed by atoms with Crippen LogP contribution in [-0.2, 0) is 4.79 Å². The molecule has 0 radical (unpaired) electrons. The third-order valence-electron chi connectivity index (χ3n) is 4.87. The van der Waals surface area contributed by atoms with Crippen LogP contribution in [0.15, 0.2) is 36.4 Å². The van der Waals surface area contributed by atoms with Gasteiger partial charge >= 0.3 is 0 Å². The summed E-state index contributed by atoms with van der Waals surface area (Å²) in [6.07, 6.45) is 1.96. The summed E-state index contributed by atoms with van der Waals surface area (Å²) >= 11 is 5.75. The number of carbonyl (C=O) groups is 1. The van der Waals surface area contributed by atoms with Gasteiger partial charge in [0.25, 0.3) is 0 Å². The maximum Gasteiger partial charge on any atom is 0.238 e. The first-order chi connectivity index (χ1) is 13.1. The number of rotatable bonds is 4. The smallest absolute Gasteiger partial charge is 0.238 e. The first kappa shape index (κ1) is 18.1. The Bertz CT molecular complexity index is 861. The molecule has 5 nitrogen and oxygen atoms in total. The predicted molar refractivity (Wildman–Crippen MR) is 101 cm³/mol. The average molecular weight is 391 g/mol. The van der Waals surface area contributed by atoms with Gasteiger partial charge in [0.15, 0.2) is 11.5 Å². The van der Waals surface area contributed by atoms with E-state index in [9.17, 15) is 9.18 Å². The molecule has 1 fully saturated rings. The molecule has 142 valence electrons. The summed E-state index contributed by atoms with van der Waals surface area (Å²) < 4.78 is 25.1. The van der Waals surface area contributed by atoms with Crippen LogP contribution in [0.25, 0.3) is 0 Å². The molecule has 2 heterocycles. The van der Waals surface area contributed by atoms with E-state index < -0.39 is 5.82 Å². The Morgan fingerprint density at radius 1 is 1.19 bits per heavy atom. The van der Waals surface area contributed by atoms with Crippen molar-refractivity contribution in [2.24, 2.45) is 0 Å². The van der Waals surface area contributed by atoms with Crippen LogP contribution >= 0.6 is 11.6 Å². The molecule has 4 rings (SSSR count). The Labute approximate surface area is 162 Å². The lowest BCUT2D eigenvalue weighted by Gasteiger charge is -2.26. The summed E-state index contributed by atoms with van der Waals surface area (Å²) in [5.74, 6) is 0.713. The molecule has 1 N–H and O–H groups in total. The van der Waals surface area contributed by atoms with Gasteiger partial charge in [-0.15, -0.1) is 0 Å². The van der Waals surface area contributed by atoms with Crippen molar-refractivity contribution in [3.8, 4) is 11.5 Å². The van der Waals surface area contributed by atoms with E-state index in [2.05, 4.69) is 10.2 Å². The van der Waals surface area contributed by atoms with Gasteiger partial charge < -0.3 is 14.8 Å². The lowest BCUT2D eigenvalue weighted by Crippen LogP contribution is -2.33. The second kappa shape index (κ2) is 7.74. The minimum Gasteiger partial charge on any atom is -0.486 e. The van der Waals surface area contributed by atoms with E-state index in [-0.39, 0.29) is 24.2 Å². The number of amides is 1. The highest BCUT2D eigenvalue weighted by atomic mass is 35.5. The zero-order chi connectivity index (χ0) is 18.8. The lowest BCUT2D eigenvalue weighted by molar-refractivity contribution is -0.117. The molecule has 0 aliphatic carbocycles. The molecule has 0 aromatic heterocycles. The highest BCUT2D eigenvalue weighted by Gasteiger charge is 2.29. The summed E-state index contributed by atoms with van der Waals surface area (Å²) in [5.41, 5.74) is 1.24. The monoisotopic (exact) mass is 390 g/mol. The number of hydrogen-bond acceptors (Lipinski definition) is 4. The normalized spacial score (nSPS) is 19.1. The number of benzene rings is 2. The first-order valence-corrected chi connectivity index (χ1v) is 9.36. The van der Waals surface area contributed by atoms with Crippen molar-refractivity contribution in [2.75, 3.05) is 31.6 Å². The van der Waals surface area contributed by atoms with Crippen molar-refractivity contribution in [1.29, 1.82) is 0 Å². The molecule has 2 aromatic carbocycles. The zero-order valence-corrected chi connectivity index (χ0v) is 15.5. The van der Waals surface area contributed by atoms with E-state index in [1.807, 2.05) is 18.2 Å². The standard InChI is InChI=1S/C20H20ClFN2O3/c21-14-4-5-16(15(22)11-14)23-20(25)12-24-7-1-2-17(24)13-3-6-18-19(10-13)27-9-8-26-18/h3-6,10-11,17H,1-2,7-9,12H2,(H,23,25)/t17-/m0/s1. The molecule has 1 amide bonds. The number of likely N-dealkylation sites (tertiary alicyclic amines) is 1. The molecule has 0 spiro atoms. The molecule has 0 saturated carbocycles. The number of halogens is 2. The summed E-state index contributed by atoms with van der Waals surface area (Å²) in [5, 5.41) is 2.92. The maximum absolute atomic E-state index is 13.9. The largest absolute Gasteiger partial charge is 0.486 e. The summed E-state index contributed by atoms with van der Waals surface area (Å²) in [6, 6.07) is 10.3. The van der Waals surface area contributed by atoms with Gasteiger partial charge in [-0.3, -0.25) is 9.69 Å². The Morgan fingerprint density at radius 2 is 2.00 bits per heavy atom. The van der Waals surface area contributed by atoms with Gasteiger partial charge in [0.1, 0.15) is 19.0 Å². The summed E-state index contributed by atoms with van der Waals surface area (Å²) in [6.45, 7) is 2.11. The number of nitrogens with one attached hydrogen (secondary N) is 1. The highest BCUT2D eigenvalue weighted by Crippen LogP contribution is 2.37. The van der Waals surface area contributed by atoms with Crippen LogP contribution < -0.4 is 14.8 Å². The van der Waals surface area contributed by atoms with E-state index in [0.717, 1.165) is 36.4 Å². The summed E-state index contributed by atoms with van der Waals surface area (Å²) in [4.78, 5) is 14.5. The van der Waals surface area contributed by atoms with Crippen molar-refractivity contribution >= 4 is 23.2 Å². The van der Waals surface area contributed by atoms with Crippen LogP contribution in [0.2, 0.25) is 5.02 Å². The zero-order valence-electron chi connectivity index (χ0n) is 14.7. The Hall–Kier alpha value is -2.31. The molecular formula is C20H20ClFN2O3. The van der Waals surface area contributed by atoms with Crippen molar-refractivity contribution in [3.63, 3.8) is 0 Å². The van der Waals surface area contributed by atoms with Crippen molar-refractivity contribution < 1.29 is 18.7 Å². The third-order valence-corrected chi connectivity index (χ3v) is 5.10. The van der Waals surface area contributed by atoms with E-state index in [0.29, 0.717) is 18.2 Å². The third kappa shape index (κ3) is 4.01. The second-order valence-electron chi connectivity index (χ2n) is 6.70. The van der Waals surface area contributed by atoms with Gasteiger partial charge in [0, 0.05) is 11.1 Å². The molecule has 1 atom stereocenters. The fourth-order valence-corrected chi connectivity index (χ4v) is 3.78. The molecule has 1 saturated heterocycles. The van der Waals surface area contributed by atoms with Gasteiger partial charge in [-0.2, -0.15) is 0 Å². The van der Waals surface area contributed by atoms with Gasteiger partial charge in [0.2, 0.25) is 5.91 Å². The highest BCUT2D eigenvalue weighted by molar-refractivity contribution is 6.30. The second-order valence-corrected chi connectivity index (χ2v) is 7.14. The van der Waals surface area contributed by atoms with Crippen molar-refractivity contribution in [1.82, 2.24) is 4.90 Å². The fraction of sp³-hybridized carbons (Fsp3) is 0.350. The molecule has 0 bridgehead atoms. The lowest BCUT2D eigenvalue weighted by atomic mass is 10.0. The van der Waals surface area contributed by atoms with E-state index in [4.69, 9.17) is 21.1 Å². The molecule has 0 unspecified atom stereocenters. The molecule has 27 heavy (non-hydrogen) atoms. The van der Waals surface area contributed by atoms with Crippen LogP contribution in [0.5, 0.6) is 11.5 Å². The Morgan fingerprint density at radius 3 is 2.81 bits per heavy atom. The minimum atomic E-state index is -0.541. The van der Waals surface area contributed by atoms with E-state index in [1.54, 1.807) is 6.07 Å². The average Bonchev–Trinajstić information content (AvgIpc) is 3.11. The number of nitrogens with zero attached hydrogens (tertiary/aromatic N) is 1. The molecule has 2 aliphatic rings. The van der Waals surface area contributed by atoms with Crippen LogP contribution in [0, 0.1) is 5.82 Å². The van der Waals surface area contributed by atoms with Crippen molar-refractivity contribution in [2.45, 2.75) is 18.9 Å². The molecule has 2 aromatic rings. The van der Waals surface area contributed by atoms with Crippen molar-refractivity contribution in [3.05, 3.63) is 52.8 Å². The quantitative estimate of drug-likeness (QED) is 0.856. The number of carbonyl (C=O) groups excluding carboxylic acids is 1. The van der Waals surface area contributed by atoms with E-state index in [1.165, 1.54) is 12.1 Å². The predicted octanol–water partition coefficient (Wildman–Crippen LogP) is 4.03.